The van der Waals surface area contributed by atoms with Crippen LogP contribution in [-0.2, 0) is 18.0 Å². The maximum absolute atomic E-state index is 13.0. The molecule has 0 fully saturated rings. The number of aryl methyl sites for hydroxylation is 2. The van der Waals surface area contributed by atoms with Crippen LogP contribution in [-0.4, -0.2) is 12.5 Å². The van der Waals surface area contributed by atoms with Crippen molar-refractivity contribution in [3.05, 3.63) is 135 Å². The maximum Gasteiger partial charge on any atom is 0.266 e. The van der Waals surface area contributed by atoms with Gasteiger partial charge >= 0.3 is 0 Å². The zero-order valence-corrected chi connectivity index (χ0v) is 27.0. The molecule has 0 aromatic heterocycles. The topological polar surface area (TPSA) is 80.6 Å². The number of nitrogens with one attached hydrogen (secondary N) is 1. The first-order valence-electron chi connectivity index (χ1n) is 14.6. The summed E-state index contributed by atoms with van der Waals surface area (Å²) in [6.07, 6.45) is 1.53. The first kappa shape index (κ1) is 31.4. The van der Waals surface area contributed by atoms with Crippen LogP contribution in [0, 0.1) is 25.2 Å². The van der Waals surface area contributed by atoms with Crippen molar-refractivity contribution in [2.24, 2.45) is 0 Å². The van der Waals surface area contributed by atoms with Crippen molar-refractivity contribution in [3.8, 4) is 23.3 Å². The lowest BCUT2D eigenvalue weighted by Gasteiger charge is -2.17. The van der Waals surface area contributed by atoms with E-state index < -0.39 is 5.91 Å². The summed E-state index contributed by atoms with van der Waals surface area (Å²) < 4.78 is 18.7. The Morgan fingerprint density at radius 1 is 0.889 bits per heavy atom. The lowest BCUT2D eigenvalue weighted by molar-refractivity contribution is -0.112. The number of fused-ring (bicyclic) bond motifs is 1. The number of benzene rings is 5. The summed E-state index contributed by atoms with van der Waals surface area (Å²) in [4.78, 5) is 13.0. The van der Waals surface area contributed by atoms with Crippen LogP contribution in [0.15, 0.2) is 107 Å². The Kier molecular flexibility index (Phi) is 10.2. The van der Waals surface area contributed by atoms with Crippen molar-refractivity contribution < 1.29 is 19.0 Å². The average molecular weight is 662 g/mol. The van der Waals surface area contributed by atoms with Crippen LogP contribution >= 0.6 is 15.9 Å². The van der Waals surface area contributed by atoms with E-state index in [9.17, 15) is 10.1 Å². The first-order chi connectivity index (χ1) is 21.8. The lowest BCUT2D eigenvalue weighted by Crippen LogP contribution is -2.13. The number of halogens is 1. The zero-order chi connectivity index (χ0) is 31.8. The summed E-state index contributed by atoms with van der Waals surface area (Å²) >= 11 is 3.62. The fraction of sp³-hybridized carbons (Fsp3) is 0.158. The number of amides is 1. The number of rotatable bonds is 11. The van der Waals surface area contributed by atoms with Gasteiger partial charge in [0.1, 0.15) is 30.6 Å². The van der Waals surface area contributed by atoms with E-state index in [1.165, 1.54) is 11.6 Å². The monoisotopic (exact) mass is 660 g/mol. The van der Waals surface area contributed by atoms with Crippen LogP contribution in [0.1, 0.15) is 34.7 Å². The Hall–Kier alpha value is -5.06. The summed E-state index contributed by atoms with van der Waals surface area (Å²) in [6, 6.07) is 33.2. The van der Waals surface area contributed by atoms with Crippen molar-refractivity contribution in [2.75, 3.05) is 11.9 Å². The molecular formula is C38H33BrN2O4. The van der Waals surface area contributed by atoms with Gasteiger partial charge in [-0.1, -0.05) is 66.2 Å². The van der Waals surface area contributed by atoms with Gasteiger partial charge in [-0.3, -0.25) is 4.79 Å². The summed E-state index contributed by atoms with van der Waals surface area (Å²) in [5.74, 6) is 1.21. The number of ether oxygens (including phenoxy) is 3. The smallest absolute Gasteiger partial charge is 0.266 e. The summed E-state index contributed by atoms with van der Waals surface area (Å²) in [7, 11) is 0. The molecule has 0 atom stereocenters. The molecule has 0 aliphatic heterocycles. The number of hydrogen-bond donors (Lipinski definition) is 1. The Labute approximate surface area is 272 Å². The zero-order valence-electron chi connectivity index (χ0n) is 25.4. The van der Waals surface area contributed by atoms with E-state index >= 15 is 0 Å². The number of nitriles is 1. The van der Waals surface area contributed by atoms with Crippen molar-refractivity contribution in [2.45, 2.75) is 34.0 Å². The predicted octanol–water partition coefficient (Wildman–Crippen LogP) is 9.32. The Bertz CT molecular complexity index is 1890. The van der Waals surface area contributed by atoms with Crippen LogP contribution in [0.25, 0.3) is 16.8 Å². The van der Waals surface area contributed by atoms with E-state index in [1.807, 2.05) is 56.3 Å². The average Bonchev–Trinajstić information content (AvgIpc) is 3.04. The molecule has 45 heavy (non-hydrogen) atoms. The molecule has 5 rings (SSSR count). The normalized spacial score (nSPS) is 11.1. The predicted molar refractivity (Wildman–Crippen MR) is 183 cm³/mol. The van der Waals surface area contributed by atoms with Crippen LogP contribution in [0.5, 0.6) is 17.2 Å². The second-order valence-corrected chi connectivity index (χ2v) is 11.4. The molecule has 0 bridgehead atoms. The molecule has 0 unspecified atom stereocenters. The Morgan fingerprint density at radius 3 is 2.38 bits per heavy atom. The lowest BCUT2D eigenvalue weighted by atomic mass is 10.0. The van der Waals surface area contributed by atoms with Gasteiger partial charge < -0.3 is 19.5 Å². The molecule has 6 nitrogen and oxygen atoms in total. The van der Waals surface area contributed by atoms with E-state index in [2.05, 4.69) is 52.4 Å². The third-order valence-electron chi connectivity index (χ3n) is 7.28. The van der Waals surface area contributed by atoms with E-state index in [-0.39, 0.29) is 5.57 Å². The highest BCUT2D eigenvalue weighted by atomic mass is 79.9. The highest BCUT2D eigenvalue weighted by Gasteiger charge is 2.16. The molecule has 0 saturated heterocycles. The molecule has 226 valence electrons. The van der Waals surface area contributed by atoms with E-state index in [4.69, 9.17) is 14.2 Å². The number of nitrogens with zero attached hydrogens (tertiary/aromatic N) is 1. The Morgan fingerprint density at radius 2 is 1.64 bits per heavy atom. The minimum Gasteiger partial charge on any atom is -0.490 e. The summed E-state index contributed by atoms with van der Waals surface area (Å²) in [5, 5.41) is 14.9. The molecule has 1 amide bonds. The van der Waals surface area contributed by atoms with Gasteiger partial charge in [0.25, 0.3) is 5.91 Å². The highest BCUT2D eigenvalue weighted by Crippen LogP contribution is 2.39. The van der Waals surface area contributed by atoms with Gasteiger partial charge in [0, 0.05) is 11.3 Å². The first-order valence-corrected chi connectivity index (χ1v) is 15.4. The van der Waals surface area contributed by atoms with E-state index in [1.54, 1.807) is 36.4 Å². The third kappa shape index (κ3) is 7.91. The second kappa shape index (κ2) is 14.6. The molecule has 0 saturated carbocycles. The van der Waals surface area contributed by atoms with Gasteiger partial charge in [-0.15, -0.1) is 0 Å². The standard InChI is InChI=1S/C38H33BrN2O4/c1-4-43-36-21-28(20-35(39)37(36)45-24-34-26(3)11-14-29-7-5-6-8-33(29)34)19-30(22-40)38(42)41-31-15-17-32(18-16-31)44-23-27-12-9-25(2)10-13-27/h5-21H,4,23-24H2,1-3H3,(H,41,42)/b30-19+. The van der Waals surface area contributed by atoms with Gasteiger partial charge in [0.05, 0.1) is 11.1 Å². The maximum atomic E-state index is 13.0. The Balaban J connectivity index is 1.29. The fourth-order valence-corrected chi connectivity index (χ4v) is 5.43. The minimum atomic E-state index is -0.522. The van der Waals surface area contributed by atoms with Crippen molar-refractivity contribution in [1.29, 1.82) is 5.26 Å². The SMILES string of the molecule is CCOc1cc(/C=C(\C#N)C(=O)Nc2ccc(OCc3ccc(C)cc3)cc2)cc(Br)c1OCc1c(C)ccc2ccccc12. The molecule has 5 aromatic carbocycles. The van der Waals surface area contributed by atoms with Gasteiger partial charge in [0.2, 0.25) is 0 Å². The molecule has 7 heteroatoms. The molecule has 0 aliphatic rings. The number of hydrogen-bond acceptors (Lipinski definition) is 5. The molecule has 5 aromatic rings. The summed E-state index contributed by atoms with van der Waals surface area (Å²) in [5.41, 5.74) is 5.61. The molecule has 0 heterocycles. The van der Waals surface area contributed by atoms with Crippen molar-refractivity contribution in [3.63, 3.8) is 0 Å². The van der Waals surface area contributed by atoms with Gasteiger partial charge in [-0.25, -0.2) is 0 Å². The van der Waals surface area contributed by atoms with Crippen LogP contribution in [0.4, 0.5) is 5.69 Å². The number of anilines is 1. The largest absolute Gasteiger partial charge is 0.490 e. The van der Waals surface area contributed by atoms with Crippen molar-refractivity contribution in [1.82, 2.24) is 0 Å². The van der Waals surface area contributed by atoms with Crippen LogP contribution in [0.2, 0.25) is 0 Å². The number of carbonyl (C=O) groups is 1. The molecule has 1 N–H and O–H groups in total. The highest BCUT2D eigenvalue weighted by molar-refractivity contribution is 9.10. The second-order valence-electron chi connectivity index (χ2n) is 10.6. The van der Waals surface area contributed by atoms with Gasteiger partial charge in [0.15, 0.2) is 11.5 Å². The van der Waals surface area contributed by atoms with E-state index in [0.29, 0.717) is 52.8 Å². The molecule has 0 aliphatic carbocycles. The third-order valence-corrected chi connectivity index (χ3v) is 7.87. The van der Waals surface area contributed by atoms with Gasteiger partial charge in [-0.2, -0.15) is 5.26 Å². The fourth-order valence-electron chi connectivity index (χ4n) is 4.85. The number of carbonyl (C=O) groups excluding carboxylic acids is 1. The molecule has 0 radical (unpaired) electrons. The van der Waals surface area contributed by atoms with E-state index in [0.717, 1.165) is 27.5 Å². The summed E-state index contributed by atoms with van der Waals surface area (Å²) in [6.45, 7) is 7.21. The molecule has 0 spiro atoms. The van der Waals surface area contributed by atoms with Crippen LogP contribution in [0.3, 0.4) is 0 Å². The van der Waals surface area contributed by atoms with Crippen molar-refractivity contribution >= 4 is 44.4 Å². The van der Waals surface area contributed by atoms with Gasteiger partial charge in [-0.05, 0) is 107 Å². The minimum absolute atomic E-state index is 0.0518. The van der Waals surface area contributed by atoms with Crippen LogP contribution < -0.4 is 19.5 Å². The molecular weight excluding hydrogens is 628 g/mol. The quantitative estimate of drug-likeness (QED) is 0.113.